The van der Waals surface area contributed by atoms with Crippen molar-refractivity contribution in [3.05, 3.63) is 0 Å². The minimum absolute atomic E-state index is 0.588. The van der Waals surface area contributed by atoms with Crippen molar-refractivity contribution in [3.8, 4) is 0 Å². The van der Waals surface area contributed by atoms with E-state index in [4.69, 9.17) is 9.73 Å². The quantitative estimate of drug-likeness (QED) is 0.525. The molecule has 2 heterocycles. The van der Waals surface area contributed by atoms with E-state index >= 15 is 0 Å². The molecule has 0 aliphatic carbocycles. The molecule has 0 aromatic carbocycles. The van der Waals surface area contributed by atoms with Crippen molar-refractivity contribution in [2.45, 2.75) is 27.2 Å². The highest BCUT2D eigenvalue weighted by atomic mass is 16.5. The molecule has 2 unspecified atom stereocenters. The lowest BCUT2D eigenvalue weighted by Gasteiger charge is -2.35. The average molecular weight is 354 g/mol. The first kappa shape index (κ1) is 20.5. The number of nitrogens with zero attached hydrogens (tertiary/aromatic N) is 4. The molecular weight excluding hydrogens is 314 g/mol. The monoisotopic (exact) mass is 353 g/mol. The lowest BCUT2D eigenvalue weighted by Crippen LogP contribution is -2.47. The van der Waals surface area contributed by atoms with E-state index in [0.717, 1.165) is 45.4 Å². The van der Waals surface area contributed by atoms with Gasteiger partial charge in [0.2, 0.25) is 0 Å². The maximum absolute atomic E-state index is 5.50. The van der Waals surface area contributed by atoms with Crippen LogP contribution in [0.3, 0.4) is 0 Å². The van der Waals surface area contributed by atoms with Crippen LogP contribution in [0.2, 0.25) is 0 Å². The van der Waals surface area contributed by atoms with Crippen molar-refractivity contribution in [2.24, 2.45) is 16.8 Å². The van der Waals surface area contributed by atoms with Crippen molar-refractivity contribution in [3.63, 3.8) is 0 Å². The molecule has 0 bridgehead atoms. The number of hydrogen-bond donors (Lipinski definition) is 1. The van der Waals surface area contributed by atoms with Crippen LogP contribution >= 0.6 is 0 Å². The molecule has 2 fully saturated rings. The van der Waals surface area contributed by atoms with Gasteiger partial charge in [-0.25, -0.2) is 0 Å². The highest BCUT2D eigenvalue weighted by Gasteiger charge is 2.20. The summed E-state index contributed by atoms with van der Waals surface area (Å²) >= 11 is 0. The number of nitrogens with one attached hydrogen (secondary N) is 1. The maximum Gasteiger partial charge on any atom is 0.193 e. The van der Waals surface area contributed by atoms with Crippen molar-refractivity contribution < 1.29 is 4.74 Å². The van der Waals surface area contributed by atoms with Gasteiger partial charge in [0, 0.05) is 71.9 Å². The van der Waals surface area contributed by atoms with Crippen LogP contribution in [0.4, 0.5) is 0 Å². The number of piperazine rings is 1. The number of guanidine groups is 1. The molecule has 2 aliphatic heterocycles. The average Bonchev–Trinajstić information content (AvgIpc) is 3.12. The summed E-state index contributed by atoms with van der Waals surface area (Å²) < 4.78 is 5.50. The standard InChI is InChI=1S/C19H39N5O/c1-5-20-19(22(4)15-18-7-12-25-16-18)21-13-17(3)14-24-10-8-23(6-2)9-11-24/h17-18H,5-16H2,1-4H3,(H,20,21). The van der Waals surface area contributed by atoms with Gasteiger partial charge < -0.3 is 24.8 Å². The predicted octanol–water partition coefficient (Wildman–Crippen LogP) is 1.19. The Balaban J connectivity index is 1.76. The topological polar surface area (TPSA) is 43.3 Å². The first-order chi connectivity index (χ1) is 12.1. The zero-order valence-corrected chi connectivity index (χ0v) is 16.8. The first-order valence-electron chi connectivity index (χ1n) is 10.1. The Morgan fingerprint density at radius 1 is 1.24 bits per heavy atom. The third-order valence-electron chi connectivity index (χ3n) is 5.29. The zero-order chi connectivity index (χ0) is 18.1. The van der Waals surface area contributed by atoms with Crippen LogP contribution in [0.25, 0.3) is 0 Å². The number of ether oxygens (including phenoxy) is 1. The number of rotatable bonds is 8. The highest BCUT2D eigenvalue weighted by molar-refractivity contribution is 5.79. The van der Waals surface area contributed by atoms with Gasteiger partial charge in [-0.05, 0) is 25.8 Å². The smallest absolute Gasteiger partial charge is 0.193 e. The van der Waals surface area contributed by atoms with Crippen LogP contribution < -0.4 is 5.32 Å². The number of aliphatic imine (C=N–C) groups is 1. The summed E-state index contributed by atoms with van der Waals surface area (Å²) in [6.45, 7) is 18.5. The van der Waals surface area contributed by atoms with Gasteiger partial charge in [-0.2, -0.15) is 0 Å². The molecule has 2 atom stereocenters. The van der Waals surface area contributed by atoms with Crippen molar-refractivity contribution in [2.75, 3.05) is 79.2 Å². The fourth-order valence-electron chi connectivity index (χ4n) is 3.70. The van der Waals surface area contributed by atoms with E-state index < -0.39 is 0 Å². The normalized spacial score (nSPS) is 24.5. The van der Waals surface area contributed by atoms with Gasteiger partial charge in [0.05, 0.1) is 6.61 Å². The molecule has 25 heavy (non-hydrogen) atoms. The van der Waals surface area contributed by atoms with E-state index in [0.29, 0.717) is 11.8 Å². The lowest BCUT2D eigenvalue weighted by molar-refractivity contribution is 0.125. The molecular formula is C19H39N5O. The van der Waals surface area contributed by atoms with E-state index in [-0.39, 0.29) is 0 Å². The maximum atomic E-state index is 5.50. The lowest BCUT2D eigenvalue weighted by atomic mass is 10.1. The Hall–Kier alpha value is -0.850. The van der Waals surface area contributed by atoms with Crippen LogP contribution in [0.15, 0.2) is 4.99 Å². The minimum atomic E-state index is 0.588. The molecule has 0 aromatic heterocycles. The number of likely N-dealkylation sites (N-methyl/N-ethyl adjacent to an activating group) is 1. The Morgan fingerprint density at radius 3 is 2.56 bits per heavy atom. The molecule has 0 spiro atoms. The minimum Gasteiger partial charge on any atom is -0.381 e. The second-order valence-corrected chi connectivity index (χ2v) is 7.64. The Kier molecular flexibility index (Phi) is 8.99. The van der Waals surface area contributed by atoms with Gasteiger partial charge in [-0.1, -0.05) is 13.8 Å². The fraction of sp³-hybridized carbons (Fsp3) is 0.947. The molecule has 0 amide bonds. The molecule has 0 radical (unpaired) electrons. The Morgan fingerprint density at radius 2 is 1.96 bits per heavy atom. The predicted molar refractivity (Wildman–Crippen MR) is 105 cm³/mol. The van der Waals surface area contributed by atoms with E-state index in [1.807, 2.05) is 0 Å². The summed E-state index contributed by atoms with van der Waals surface area (Å²) in [5, 5.41) is 3.44. The van der Waals surface area contributed by atoms with E-state index in [2.05, 4.69) is 47.8 Å². The molecule has 0 aromatic rings. The van der Waals surface area contributed by atoms with E-state index in [9.17, 15) is 0 Å². The highest BCUT2D eigenvalue weighted by Crippen LogP contribution is 2.13. The van der Waals surface area contributed by atoms with Gasteiger partial charge in [0.15, 0.2) is 5.96 Å². The summed E-state index contributed by atoms with van der Waals surface area (Å²) in [7, 11) is 2.15. The van der Waals surface area contributed by atoms with Gasteiger partial charge in [-0.15, -0.1) is 0 Å². The van der Waals surface area contributed by atoms with Gasteiger partial charge in [0.25, 0.3) is 0 Å². The SMILES string of the molecule is CCNC(=NCC(C)CN1CCN(CC)CC1)N(C)CC1CCOC1. The summed E-state index contributed by atoms with van der Waals surface area (Å²) in [4.78, 5) is 12.3. The zero-order valence-electron chi connectivity index (χ0n) is 16.8. The molecule has 6 nitrogen and oxygen atoms in total. The largest absolute Gasteiger partial charge is 0.381 e. The molecule has 2 rings (SSSR count). The van der Waals surface area contributed by atoms with Crippen LogP contribution in [0.5, 0.6) is 0 Å². The van der Waals surface area contributed by atoms with Crippen LogP contribution in [-0.2, 0) is 4.74 Å². The molecule has 1 N–H and O–H groups in total. The molecule has 2 aliphatic rings. The van der Waals surface area contributed by atoms with Crippen molar-refractivity contribution in [1.82, 2.24) is 20.0 Å². The van der Waals surface area contributed by atoms with Crippen molar-refractivity contribution in [1.29, 1.82) is 0 Å². The van der Waals surface area contributed by atoms with Crippen LogP contribution in [0.1, 0.15) is 27.2 Å². The Labute approximate surface area is 154 Å². The fourth-order valence-corrected chi connectivity index (χ4v) is 3.70. The third-order valence-corrected chi connectivity index (χ3v) is 5.29. The summed E-state index contributed by atoms with van der Waals surface area (Å²) in [5.41, 5.74) is 0. The van der Waals surface area contributed by atoms with Gasteiger partial charge >= 0.3 is 0 Å². The summed E-state index contributed by atoms with van der Waals surface area (Å²) in [5.74, 6) is 2.27. The second-order valence-electron chi connectivity index (χ2n) is 7.64. The first-order valence-corrected chi connectivity index (χ1v) is 10.1. The van der Waals surface area contributed by atoms with Gasteiger partial charge in [0.1, 0.15) is 0 Å². The van der Waals surface area contributed by atoms with E-state index in [1.165, 1.54) is 39.1 Å². The summed E-state index contributed by atoms with van der Waals surface area (Å²) in [6, 6.07) is 0. The summed E-state index contributed by atoms with van der Waals surface area (Å²) in [6.07, 6.45) is 1.17. The van der Waals surface area contributed by atoms with Crippen LogP contribution in [-0.4, -0.2) is 99.8 Å². The molecule has 0 saturated carbocycles. The second kappa shape index (κ2) is 11.0. The molecule has 2 saturated heterocycles. The molecule has 146 valence electrons. The van der Waals surface area contributed by atoms with Gasteiger partial charge in [-0.3, -0.25) is 4.99 Å². The van der Waals surface area contributed by atoms with Crippen LogP contribution in [0, 0.1) is 11.8 Å². The Bertz CT molecular complexity index is 389. The molecule has 6 heteroatoms. The number of hydrogen-bond acceptors (Lipinski definition) is 4. The van der Waals surface area contributed by atoms with Crippen molar-refractivity contribution >= 4 is 5.96 Å². The van der Waals surface area contributed by atoms with E-state index in [1.54, 1.807) is 0 Å². The third kappa shape index (κ3) is 7.12.